The van der Waals surface area contributed by atoms with Gasteiger partial charge in [-0.05, 0) is 39.5 Å². The third-order valence-corrected chi connectivity index (χ3v) is 3.71. The van der Waals surface area contributed by atoms with Crippen molar-refractivity contribution in [3.8, 4) is 0 Å². The van der Waals surface area contributed by atoms with Crippen LogP contribution in [0.4, 0.5) is 0 Å². The van der Waals surface area contributed by atoms with Crippen molar-refractivity contribution in [3.05, 3.63) is 0 Å². The molecule has 0 aromatic heterocycles. The maximum Gasteiger partial charge on any atom is 0.223 e. The largest absolute Gasteiger partial charge is 0.353 e. The van der Waals surface area contributed by atoms with E-state index in [9.17, 15) is 4.79 Å². The summed E-state index contributed by atoms with van der Waals surface area (Å²) in [5.41, 5.74) is 5.83. The van der Waals surface area contributed by atoms with Gasteiger partial charge in [-0.15, -0.1) is 0 Å². The van der Waals surface area contributed by atoms with Crippen LogP contribution in [0.15, 0.2) is 0 Å². The number of carbonyl (C=O) groups excluding carboxylic acids is 1. The molecule has 0 radical (unpaired) electrons. The maximum atomic E-state index is 12.0. The molecule has 1 saturated heterocycles. The molecule has 2 rings (SSSR count). The molecule has 0 aromatic rings. The lowest BCUT2D eigenvalue weighted by Crippen LogP contribution is -2.40. The Balaban J connectivity index is 1.69. The molecule has 5 heteroatoms. The molecular formula is C13H24N2O3. The van der Waals surface area contributed by atoms with Crippen LogP contribution in [0, 0.1) is 5.92 Å². The number of rotatable bonds is 3. The molecule has 1 saturated carbocycles. The molecular weight excluding hydrogens is 232 g/mol. The summed E-state index contributed by atoms with van der Waals surface area (Å²) in [4.78, 5) is 12.0. The molecule has 5 nitrogen and oxygen atoms in total. The van der Waals surface area contributed by atoms with E-state index in [2.05, 4.69) is 5.32 Å². The van der Waals surface area contributed by atoms with Crippen molar-refractivity contribution in [1.29, 1.82) is 0 Å². The van der Waals surface area contributed by atoms with E-state index < -0.39 is 5.79 Å². The van der Waals surface area contributed by atoms with Gasteiger partial charge in [0, 0.05) is 18.5 Å². The number of nitrogens with one attached hydrogen (secondary N) is 1. The van der Waals surface area contributed by atoms with E-state index in [1.807, 2.05) is 13.8 Å². The predicted octanol–water partition coefficient (Wildman–Crippen LogP) is 0.772. The van der Waals surface area contributed by atoms with Crippen molar-refractivity contribution < 1.29 is 14.3 Å². The molecule has 0 spiro atoms. The lowest BCUT2D eigenvalue weighted by Gasteiger charge is -2.25. The minimum atomic E-state index is -0.521. The summed E-state index contributed by atoms with van der Waals surface area (Å²) in [6.07, 6.45) is 3.68. The zero-order chi connectivity index (χ0) is 13.2. The topological polar surface area (TPSA) is 73.6 Å². The van der Waals surface area contributed by atoms with Crippen LogP contribution >= 0.6 is 0 Å². The molecule has 2 fully saturated rings. The van der Waals surface area contributed by atoms with Crippen LogP contribution in [0.3, 0.4) is 0 Å². The van der Waals surface area contributed by atoms with E-state index in [1.165, 1.54) is 0 Å². The van der Waals surface area contributed by atoms with Gasteiger partial charge in [0.25, 0.3) is 0 Å². The second-order valence-electron chi connectivity index (χ2n) is 5.81. The van der Waals surface area contributed by atoms with E-state index in [0.717, 1.165) is 25.7 Å². The van der Waals surface area contributed by atoms with Gasteiger partial charge >= 0.3 is 0 Å². The van der Waals surface area contributed by atoms with Gasteiger partial charge in [-0.3, -0.25) is 4.79 Å². The van der Waals surface area contributed by atoms with Crippen LogP contribution in [0.25, 0.3) is 0 Å². The zero-order valence-electron chi connectivity index (χ0n) is 11.3. The predicted molar refractivity (Wildman–Crippen MR) is 67.8 cm³/mol. The van der Waals surface area contributed by atoms with Gasteiger partial charge in [-0.25, -0.2) is 0 Å². The Morgan fingerprint density at radius 3 is 2.56 bits per heavy atom. The molecule has 1 heterocycles. The Bertz CT molecular complexity index is 299. The Morgan fingerprint density at radius 1 is 1.33 bits per heavy atom. The summed E-state index contributed by atoms with van der Waals surface area (Å²) >= 11 is 0. The number of amides is 1. The van der Waals surface area contributed by atoms with Gasteiger partial charge in [0.05, 0.1) is 6.61 Å². The van der Waals surface area contributed by atoms with Crippen LogP contribution in [0.5, 0.6) is 0 Å². The molecule has 1 aliphatic heterocycles. The van der Waals surface area contributed by atoms with Crippen LogP contribution in [0.1, 0.15) is 39.5 Å². The van der Waals surface area contributed by atoms with Gasteiger partial charge in [-0.2, -0.15) is 0 Å². The molecule has 2 aliphatic rings. The van der Waals surface area contributed by atoms with Crippen molar-refractivity contribution in [2.45, 2.75) is 57.5 Å². The second-order valence-corrected chi connectivity index (χ2v) is 5.81. The van der Waals surface area contributed by atoms with Crippen molar-refractivity contribution >= 4 is 5.91 Å². The van der Waals surface area contributed by atoms with E-state index in [0.29, 0.717) is 13.2 Å². The van der Waals surface area contributed by atoms with Gasteiger partial charge in [0.15, 0.2) is 5.79 Å². The highest BCUT2D eigenvalue weighted by Gasteiger charge is 2.33. The lowest BCUT2D eigenvalue weighted by molar-refractivity contribution is -0.140. The van der Waals surface area contributed by atoms with Gasteiger partial charge < -0.3 is 20.5 Å². The van der Waals surface area contributed by atoms with Crippen molar-refractivity contribution in [2.75, 3.05) is 13.2 Å². The maximum absolute atomic E-state index is 12.0. The highest BCUT2D eigenvalue weighted by Crippen LogP contribution is 2.24. The normalized spacial score (nSPS) is 35.4. The third-order valence-electron chi connectivity index (χ3n) is 3.71. The fourth-order valence-corrected chi connectivity index (χ4v) is 2.60. The molecule has 0 aromatic carbocycles. The highest BCUT2D eigenvalue weighted by atomic mass is 16.7. The van der Waals surface area contributed by atoms with Crippen LogP contribution in [-0.4, -0.2) is 37.0 Å². The molecule has 1 amide bonds. The molecule has 1 aliphatic carbocycles. The minimum Gasteiger partial charge on any atom is -0.353 e. The molecule has 1 unspecified atom stereocenters. The summed E-state index contributed by atoms with van der Waals surface area (Å²) in [5, 5.41) is 2.96. The smallest absolute Gasteiger partial charge is 0.223 e. The quantitative estimate of drug-likeness (QED) is 0.782. The average Bonchev–Trinajstić information content (AvgIpc) is 2.67. The van der Waals surface area contributed by atoms with E-state index in [4.69, 9.17) is 15.2 Å². The molecule has 18 heavy (non-hydrogen) atoms. The van der Waals surface area contributed by atoms with Gasteiger partial charge in [0.1, 0.15) is 6.10 Å². The van der Waals surface area contributed by atoms with Gasteiger partial charge in [0.2, 0.25) is 5.91 Å². The standard InChI is InChI=1S/C13H24N2O3/c1-13(2)17-8-11(18-13)7-15-12(16)9-3-5-10(14)6-4-9/h9-11H,3-8,14H2,1-2H3,(H,15,16). The zero-order valence-corrected chi connectivity index (χ0v) is 11.3. The number of carbonyl (C=O) groups is 1. The first kappa shape index (κ1) is 13.8. The van der Waals surface area contributed by atoms with E-state index in [-0.39, 0.29) is 24.0 Å². The summed E-state index contributed by atoms with van der Waals surface area (Å²) < 4.78 is 11.1. The first-order chi connectivity index (χ1) is 8.46. The number of ether oxygens (including phenoxy) is 2. The Kier molecular flexibility index (Phi) is 4.25. The highest BCUT2D eigenvalue weighted by molar-refractivity contribution is 5.78. The Hall–Kier alpha value is -0.650. The SMILES string of the molecule is CC1(C)OCC(CNC(=O)C2CCC(N)CC2)O1. The Morgan fingerprint density at radius 2 is 2.00 bits per heavy atom. The van der Waals surface area contributed by atoms with Crippen LogP contribution < -0.4 is 11.1 Å². The summed E-state index contributed by atoms with van der Waals surface area (Å²) in [7, 11) is 0. The third kappa shape index (κ3) is 3.67. The molecule has 1 atom stereocenters. The first-order valence-corrected chi connectivity index (χ1v) is 6.81. The van der Waals surface area contributed by atoms with Crippen LogP contribution in [-0.2, 0) is 14.3 Å². The fourth-order valence-electron chi connectivity index (χ4n) is 2.60. The fraction of sp³-hybridized carbons (Fsp3) is 0.923. The first-order valence-electron chi connectivity index (χ1n) is 6.81. The van der Waals surface area contributed by atoms with E-state index in [1.54, 1.807) is 0 Å². The summed E-state index contributed by atoms with van der Waals surface area (Å²) in [6, 6.07) is 0.279. The van der Waals surface area contributed by atoms with Gasteiger partial charge in [-0.1, -0.05) is 0 Å². The van der Waals surface area contributed by atoms with E-state index >= 15 is 0 Å². The molecule has 104 valence electrons. The monoisotopic (exact) mass is 256 g/mol. The van der Waals surface area contributed by atoms with Crippen molar-refractivity contribution in [3.63, 3.8) is 0 Å². The molecule has 3 N–H and O–H groups in total. The lowest BCUT2D eigenvalue weighted by atomic mass is 9.86. The summed E-state index contributed by atoms with van der Waals surface area (Å²) in [5.74, 6) is -0.261. The number of hydrogen-bond donors (Lipinski definition) is 2. The molecule has 0 bridgehead atoms. The average molecular weight is 256 g/mol. The van der Waals surface area contributed by atoms with Crippen molar-refractivity contribution in [2.24, 2.45) is 11.7 Å². The second kappa shape index (κ2) is 5.55. The van der Waals surface area contributed by atoms with Crippen LogP contribution in [0.2, 0.25) is 0 Å². The summed E-state index contributed by atoms with van der Waals surface area (Å²) in [6.45, 7) is 4.85. The Labute approximate surface area is 108 Å². The number of hydrogen-bond acceptors (Lipinski definition) is 4. The number of nitrogens with two attached hydrogens (primary N) is 1. The van der Waals surface area contributed by atoms with Crippen molar-refractivity contribution in [1.82, 2.24) is 5.32 Å². The minimum absolute atomic E-state index is 0.0326.